The van der Waals surface area contributed by atoms with Gasteiger partial charge in [0.05, 0.1) is 10.7 Å². The van der Waals surface area contributed by atoms with Crippen molar-refractivity contribution >= 4 is 40.6 Å². The van der Waals surface area contributed by atoms with Gasteiger partial charge < -0.3 is 10.2 Å². The van der Waals surface area contributed by atoms with Crippen LogP contribution in [0.1, 0.15) is 29.2 Å². The molecule has 23 heavy (non-hydrogen) atoms. The van der Waals surface area contributed by atoms with Gasteiger partial charge in [-0.15, -0.1) is 0 Å². The van der Waals surface area contributed by atoms with E-state index in [1.807, 2.05) is 4.90 Å². The Hall–Kier alpha value is -1.85. The molecule has 1 fully saturated rings. The largest absolute Gasteiger partial charge is 0.339 e. The van der Waals surface area contributed by atoms with Gasteiger partial charge in [-0.25, -0.2) is 9.97 Å². The molecule has 1 amide bonds. The molecule has 0 unspecified atom stereocenters. The second-order valence-corrected chi connectivity index (χ2v) is 6.28. The van der Waals surface area contributed by atoms with Gasteiger partial charge in [0.15, 0.2) is 0 Å². The lowest BCUT2D eigenvalue weighted by atomic mass is 10.3. The minimum Gasteiger partial charge on any atom is -0.339 e. The number of rotatable bonds is 3. The quantitative estimate of drug-likeness (QED) is 0.906. The molecular formula is C16H16Cl2N4O. The number of aromatic nitrogens is 2. The predicted octanol–water partition coefficient (Wildman–Crippen LogP) is 4.07. The van der Waals surface area contributed by atoms with Gasteiger partial charge in [-0.3, -0.25) is 4.79 Å². The van der Waals surface area contributed by atoms with Crippen LogP contribution >= 0.6 is 23.2 Å². The minimum atomic E-state index is -0.0618. The number of hydrogen-bond acceptors (Lipinski definition) is 4. The molecule has 120 valence electrons. The van der Waals surface area contributed by atoms with E-state index >= 15 is 0 Å². The molecule has 7 heteroatoms. The summed E-state index contributed by atoms with van der Waals surface area (Å²) in [6.07, 6.45) is 2.08. The molecule has 0 aliphatic carbocycles. The molecule has 0 radical (unpaired) electrons. The fourth-order valence-corrected chi connectivity index (χ4v) is 2.89. The van der Waals surface area contributed by atoms with Gasteiger partial charge in [0.1, 0.15) is 17.3 Å². The van der Waals surface area contributed by atoms with Crippen LogP contribution in [0, 0.1) is 6.92 Å². The fourth-order valence-electron chi connectivity index (χ4n) is 2.55. The van der Waals surface area contributed by atoms with Crippen molar-refractivity contribution in [3.8, 4) is 0 Å². The second kappa shape index (κ2) is 6.72. The first-order valence-electron chi connectivity index (χ1n) is 7.40. The summed E-state index contributed by atoms with van der Waals surface area (Å²) < 4.78 is 0. The van der Waals surface area contributed by atoms with Crippen molar-refractivity contribution in [2.45, 2.75) is 19.8 Å². The SMILES string of the molecule is Cc1nc(Nc2cc(Cl)ccc2Cl)cc(C(=O)N2CCCC2)n1. The van der Waals surface area contributed by atoms with Crippen molar-refractivity contribution in [2.75, 3.05) is 18.4 Å². The summed E-state index contributed by atoms with van der Waals surface area (Å²) >= 11 is 12.1. The third-order valence-electron chi connectivity index (χ3n) is 3.64. The van der Waals surface area contributed by atoms with Crippen molar-refractivity contribution in [3.05, 3.63) is 45.8 Å². The molecule has 2 heterocycles. The summed E-state index contributed by atoms with van der Waals surface area (Å²) in [6.45, 7) is 3.32. The highest BCUT2D eigenvalue weighted by molar-refractivity contribution is 6.35. The Balaban J connectivity index is 1.88. The summed E-state index contributed by atoms with van der Waals surface area (Å²) in [6, 6.07) is 6.77. The van der Waals surface area contributed by atoms with E-state index in [9.17, 15) is 4.79 Å². The van der Waals surface area contributed by atoms with Crippen LogP contribution in [0.4, 0.5) is 11.5 Å². The molecule has 1 aromatic carbocycles. The molecule has 2 aromatic rings. The van der Waals surface area contributed by atoms with Gasteiger partial charge in [-0.2, -0.15) is 0 Å². The van der Waals surface area contributed by atoms with Gasteiger partial charge in [0, 0.05) is 24.2 Å². The summed E-state index contributed by atoms with van der Waals surface area (Å²) in [4.78, 5) is 22.9. The van der Waals surface area contributed by atoms with Gasteiger partial charge in [0.2, 0.25) is 0 Å². The fraction of sp³-hybridized carbons (Fsp3) is 0.312. The molecule has 1 saturated heterocycles. The zero-order valence-electron chi connectivity index (χ0n) is 12.6. The van der Waals surface area contributed by atoms with Crippen LogP contribution in [-0.2, 0) is 0 Å². The van der Waals surface area contributed by atoms with Crippen molar-refractivity contribution in [3.63, 3.8) is 0 Å². The zero-order valence-corrected chi connectivity index (χ0v) is 14.2. The molecule has 0 bridgehead atoms. The lowest BCUT2D eigenvalue weighted by molar-refractivity contribution is 0.0786. The van der Waals surface area contributed by atoms with E-state index in [-0.39, 0.29) is 5.91 Å². The maximum Gasteiger partial charge on any atom is 0.272 e. The lowest BCUT2D eigenvalue weighted by Crippen LogP contribution is -2.28. The zero-order chi connectivity index (χ0) is 16.4. The number of benzene rings is 1. The van der Waals surface area contributed by atoms with E-state index < -0.39 is 0 Å². The topological polar surface area (TPSA) is 58.1 Å². The first-order chi connectivity index (χ1) is 11.0. The Bertz CT molecular complexity index is 745. The molecule has 5 nitrogen and oxygen atoms in total. The summed E-state index contributed by atoms with van der Waals surface area (Å²) in [5.41, 5.74) is 1.02. The van der Waals surface area contributed by atoms with Crippen molar-refractivity contribution in [1.29, 1.82) is 0 Å². The van der Waals surface area contributed by atoms with E-state index in [1.165, 1.54) is 0 Å². The van der Waals surface area contributed by atoms with Crippen LogP contribution in [0.2, 0.25) is 10.0 Å². The van der Waals surface area contributed by atoms with Crippen LogP contribution in [0.25, 0.3) is 0 Å². The molecule has 1 aliphatic rings. The Morgan fingerprint density at radius 1 is 1.17 bits per heavy atom. The highest BCUT2D eigenvalue weighted by atomic mass is 35.5. The average Bonchev–Trinajstić information content (AvgIpc) is 3.04. The van der Waals surface area contributed by atoms with Crippen molar-refractivity contribution in [2.24, 2.45) is 0 Å². The van der Waals surface area contributed by atoms with Crippen molar-refractivity contribution in [1.82, 2.24) is 14.9 Å². The number of likely N-dealkylation sites (tertiary alicyclic amines) is 1. The van der Waals surface area contributed by atoms with Gasteiger partial charge in [-0.1, -0.05) is 23.2 Å². The van der Waals surface area contributed by atoms with E-state index in [1.54, 1.807) is 31.2 Å². The number of halogens is 2. The predicted molar refractivity (Wildman–Crippen MR) is 91.7 cm³/mol. The molecule has 3 rings (SSSR count). The molecule has 1 aliphatic heterocycles. The molecule has 0 saturated carbocycles. The minimum absolute atomic E-state index is 0.0618. The standard InChI is InChI=1S/C16H16Cl2N4O/c1-10-19-14(16(23)22-6-2-3-7-22)9-15(20-10)21-13-8-11(17)4-5-12(13)18/h4-5,8-9H,2-3,6-7H2,1H3,(H,19,20,21). The Kier molecular flexibility index (Phi) is 4.68. The van der Waals surface area contributed by atoms with E-state index in [4.69, 9.17) is 23.2 Å². The van der Waals surface area contributed by atoms with Crippen LogP contribution in [0.15, 0.2) is 24.3 Å². The number of carbonyl (C=O) groups excluding carboxylic acids is 1. The number of hydrogen-bond donors (Lipinski definition) is 1. The Morgan fingerprint density at radius 3 is 2.65 bits per heavy atom. The highest BCUT2D eigenvalue weighted by Gasteiger charge is 2.21. The van der Waals surface area contributed by atoms with E-state index in [0.717, 1.165) is 25.9 Å². The third-order valence-corrected chi connectivity index (χ3v) is 4.21. The van der Waals surface area contributed by atoms with Crippen LogP contribution < -0.4 is 5.32 Å². The third kappa shape index (κ3) is 3.74. The Morgan fingerprint density at radius 2 is 1.91 bits per heavy atom. The monoisotopic (exact) mass is 350 g/mol. The second-order valence-electron chi connectivity index (χ2n) is 5.43. The van der Waals surface area contributed by atoms with Crippen molar-refractivity contribution < 1.29 is 4.79 Å². The normalized spacial score (nSPS) is 14.1. The van der Waals surface area contributed by atoms with Crippen LogP contribution in [0.3, 0.4) is 0 Å². The maximum atomic E-state index is 12.5. The summed E-state index contributed by atoms with van der Waals surface area (Å²) in [5.74, 6) is 0.980. The van der Waals surface area contributed by atoms with E-state index in [0.29, 0.717) is 33.1 Å². The number of nitrogens with one attached hydrogen (secondary N) is 1. The average molecular weight is 351 g/mol. The molecule has 1 N–H and O–H groups in total. The Labute approximate surface area is 144 Å². The number of anilines is 2. The van der Waals surface area contributed by atoms with Gasteiger partial charge in [0.25, 0.3) is 5.91 Å². The molecule has 0 spiro atoms. The van der Waals surface area contributed by atoms with Gasteiger partial charge >= 0.3 is 0 Å². The number of nitrogens with zero attached hydrogens (tertiary/aromatic N) is 3. The first-order valence-corrected chi connectivity index (χ1v) is 8.15. The number of carbonyl (C=O) groups is 1. The molecule has 0 atom stereocenters. The molecular weight excluding hydrogens is 335 g/mol. The summed E-state index contributed by atoms with van der Waals surface area (Å²) in [7, 11) is 0. The molecule has 1 aromatic heterocycles. The highest BCUT2D eigenvalue weighted by Crippen LogP contribution is 2.28. The number of aryl methyl sites for hydroxylation is 1. The van der Waals surface area contributed by atoms with Crippen LogP contribution in [-0.4, -0.2) is 33.9 Å². The number of amides is 1. The van der Waals surface area contributed by atoms with E-state index in [2.05, 4.69) is 15.3 Å². The summed E-state index contributed by atoms with van der Waals surface area (Å²) in [5, 5.41) is 4.19. The van der Waals surface area contributed by atoms with Crippen LogP contribution in [0.5, 0.6) is 0 Å². The lowest BCUT2D eigenvalue weighted by Gasteiger charge is -2.15. The smallest absolute Gasteiger partial charge is 0.272 e. The van der Waals surface area contributed by atoms with Gasteiger partial charge in [-0.05, 0) is 38.0 Å². The first kappa shape index (κ1) is 16.0. The maximum absolute atomic E-state index is 12.5.